The minimum absolute atomic E-state index is 0.0712. The number of anilines is 1. The molecule has 0 bridgehead atoms. The molecule has 0 spiro atoms. The first kappa shape index (κ1) is 18.4. The SMILES string of the molecule is Cc1ccc(-c2nc(N3CCOCC3)sc2C(=O)NCC2CCCO2)cc1. The van der Waals surface area contributed by atoms with Gasteiger partial charge in [-0.05, 0) is 19.8 Å². The molecule has 1 amide bonds. The average molecular weight is 388 g/mol. The summed E-state index contributed by atoms with van der Waals surface area (Å²) in [7, 11) is 0. The Kier molecular flexibility index (Phi) is 5.71. The largest absolute Gasteiger partial charge is 0.378 e. The highest BCUT2D eigenvalue weighted by Gasteiger charge is 2.24. The number of benzene rings is 1. The number of thiazole rings is 1. The molecule has 0 aliphatic carbocycles. The topological polar surface area (TPSA) is 63.7 Å². The van der Waals surface area contributed by atoms with E-state index in [9.17, 15) is 4.79 Å². The van der Waals surface area contributed by atoms with Crippen LogP contribution in [0.1, 0.15) is 28.1 Å². The summed E-state index contributed by atoms with van der Waals surface area (Å²) in [5.41, 5.74) is 2.91. The van der Waals surface area contributed by atoms with Crippen molar-refractivity contribution in [2.45, 2.75) is 25.9 Å². The van der Waals surface area contributed by atoms with Crippen molar-refractivity contribution in [2.75, 3.05) is 44.4 Å². The third-order valence-electron chi connectivity index (χ3n) is 4.94. The van der Waals surface area contributed by atoms with Gasteiger partial charge in [-0.1, -0.05) is 41.2 Å². The quantitative estimate of drug-likeness (QED) is 0.855. The molecular formula is C20H25N3O3S. The highest BCUT2D eigenvalue weighted by atomic mass is 32.1. The van der Waals surface area contributed by atoms with Crippen molar-refractivity contribution < 1.29 is 14.3 Å². The summed E-state index contributed by atoms with van der Waals surface area (Å²) in [6, 6.07) is 8.17. The average Bonchev–Trinajstić information content (AvgIpc) is 3.37. The van der Waals surface area contributed by atoms with Crippen LogP contribution in [0.3, 0.4) is 0 Å². The third-order valence-corrected chi connectivity index (χ3v) is 6.06. The summed E-state index contributed by atoms with van der Waals surface area (Å²) < 4.78 is 11.1. The van der Waals surface area contributed by atoms with E-state index in [-0.39, 0.29) is 12.0 Å². The molecule has 2 aliphatic rings. The van der Waals surface area contributed by atoms with E-state index < -0.39 is 0 Å². The highest BCUT2D eigenvalue weighted by molar-refractivity contribution is 7.18. The van der Waals surface area contributed by atoms with E-state index in [1.807, 2.05) is 12.1 Å². The molecule has 4 rings (SSSR count). The maximum atomic E-state index is 12.9. The Balaban J connectivity index is 1.59. The molecule has 0 radical (unpaired) electrons. The molecule has 144 valence electrons. The highest BCUT2D eigenvalue weighted by Crippen LogP contribution is 2.33. The first-order valence-electron chi connectivity index (χ1n) is 9.51. The lowest BCUT2D eigenvalue weighted by Crippen LogP contribution is -2.36. The zero-order valence-corrected chi connectivity index (χ0v) is 16.4. The Labute approximate surface area is 163 Å². The van der Waals surface area contributed by atoms with Crippen LogP contribution < -0.4 is 10.2 Å². The summed E-state index contributed by atoms with van der Waals surface area (Å²) in [6.45, 7) is 6.39. The fourth-order valence-electron chi connectivity index (χ4n) is 3.35. The molecule has 2 saturated heterocycles. The van der Waals surface area contributed by atoms with Crippen molar-refractivity contribution in [3.8, 4) is 11.3 Å². The summed E-state index contributed by atoms with van der Waals surface area (Å²) >= 11 is 1.46. The second kappa shape index (κ2) is 8.37. The predicted octanol–water partition coefficient (Wildman–Crippen LogP) is 2.86. The predicted molar refractivity (Wildman–Crippen MR) is 107 cm³/mol. The third kappa shape index (κ3) is 4.31. The van der Waals surface area contributed by atoms with Crippen molar-refractivity contribution >= 4 is 22.4 Å². The van der Waals surface area contributed by atoms with E-state index in [1.165, 1.54) is 16.9 Å². The van der Waals surface area contributed by atoms with Crippen LogP contribution in [0.2, 0.25) is 0 Å². The van der Waals surface area contributed by atoms with Crippen molar-refractivity contribution in [1.82, 2.24) is 10.3 Å². The smallest absolute Gasteiger partial charge is 0.263 e. The number of morpholine rings is 1. The number of hydrogen-bond donors (Lipinski definition) is 1. The van der Waals surface area contributed by atoms with Crippen LogP contribution in [0, 0.1) is 6.92 Å². The van der Waals surface area contributed by atoms with Gasteiger partial charge in [0.15, 0.2) is 5.13 Å². The molecule has 6 nitrogen and oxygen atoms in total. The zero-order chi connectivity index (χ0) is 18.6. The van der Waals surface area contributed by atoms with Crippen LogP contribution in [0.15, 0.2) is 24.3 Å². The van der Waals surface area contributed by atoms with Crippen molar-refractivity contribution in [3.05, 3.63) is 34.7 Å². The number of ether oxygens (including phenoxy) is 2. The van der Waals surface area contributed by atoms with Gasteiger partial charge in [-0.3, -0.25) is 4.79 Å². The lowest BCUT2D eigenvalue weighted by atomic mass is 10.1. The molecular weight excluding hydrogens is 362 g/mol. The Hall–Kier alpha value is -1.96. The first-order valence-corrected chi connectivity index (χ1v) is 10.3. The number of aromatic nitrogens is 1. The van der Waals surface area contributed by atoms with Crippen LogP contribution in [-0.2, 0) is 9.47 Å². The number of hydrogen-bond acceptors (Lipinski definition) is 6. The van der Waals surface area contributed by atoms with Crippen molar-refractivity contribution in [2.24, 2.45) is 0 Å². The second-order valence-electron chi connectivity index (χ2n) is 6.98. The van der Waals surface area contributed by atoms with Crippen molar-refractivity contribution in [3.63, 3.8) is 0 Å². The molecule has 7 heteroatoms. The van der Waals surface area contributed by atoms with Crippen LogP contribution in [0.25, 0.3) is 11.3 Å². The summed E-state index contributed by atoms with van der Waals surface area (Å²) in [5.74, 6) is -0.0712. The number of nitrogens with zero attached hydrogens (tertiary/aromatic N) is 2. The summed E-state index contributed by atoms with van der Waals surface area (Å²) in [4.78, 5) is 20.6. The minimum atomic E-state index is -0.0712. The Bertz CT molecular complexity index is 778. The molecule has 1 N–H and O–H groups in total. The number of rotatable bonds is 5. The maximum absolute atomic E-state index is 12.9. The van der Waals surface area contributed by atoms with Gasteiger partial charge in [0.2, 0.25) is 0 Å². The number of carbonyl (C=O) groups excluding carboxylic acids is 1. The van der Waals surface area contributed by atoms with E-state index in [4.69, 9.17) is 14.5 Å². The first-order chi connectivity index (χ1) is 13.2. The Morgan fingerprint density at radius 1 is 1.26 bits per heavy atom. The fraction of sp³-hybridized carbons (Fsp3) is 0.500. The molecule has 1 aromatic heterocycles. The fourth-order valence-corrected chi connectivity index (χ4v) is 4.41. The van der Waals surface area contributed by atoms with Gasteiger partial charge in [0.05, 0.1) is 25.0 Å². The number of aryl methyl sites for hydroxylation is 1. The van der Waals surface area contributed by atoms with Gasteiger partial charge in [0, 0.05) is 31.8 Å². The van der Waals surface area contributed by atoms with Gasteiger partial charge in [-0.2, -0.15) is 0 Å². The number of nitrogens with one attached hydrogen (secondary N) is 1. The van der Waals surface area contributed by atoms with Gasteiger partial charge in [0.25, 0.3) is 5.91 Å². The standard InChI is InChI=1S/C20H25N3O3S/c1-14-4-6-15(7-5-14)17-18(19(24)21-13-16-3-2-10-26-16)27-20(22-17)23-8-11-25-12-9-23/h4-7,16H,2-3,8-13H2,1H3,(H,21,24). The van der Waals surface area contributed by atoms with Gasteiger partial charge in [-0.15, -0.1) is 0 Å². The molecule has 1 atom stereocenters. The number of amides is 1. The maximum Gasteiger partial charge on any atom is 0.263 e. The van der Waals surface area contributed by atoms with E-state index in [0.717, 1.165) is 48.9 Å². The van der Waals surface area contributed by atoms with E-state index in [0.29, 0.717) is 24.6 Å². The van der Waals surface area contributed by atoms with Gasteiger partial charge in [-0.25, -0.2) is 4.98 Å². The van der Waals surface area contributed by atoms with Crippen LogP contribution in [0.4, 0.5) is 5.13 Å². The Morgan fingerprint density at radius 2 is 2.04 bits per heavy atom. The Morgan fingerprint density at radius 3 is 2.74 bits per heavy atom. The number of carbonyl (C=O) groups is 1. The summed E-state index contributed by atoms with van der Waals surface area (Å²) in [6.07, 6.45) is 2.20. The normalized spacial score (nSPS) is 20.0. The molecule has 3 heterocycles. The molecule has 1 aromatic carbocycles. The molecule has 2 aromatic rings. The van der Waals surface area contributed by atoms with Crippen LogP contribution in [-0.4, -0.2) is 56.5 Å². The van der Waals surface area contributed by atoms with E-state index >= 15 is 0 Å². The molecule has 1 unspecified atom stereocenters. The molecule has 2 fully saturated rings. The minimum Gasteiger partial charge on any atom is -0.378 e. The van der Waals surface area contributed by atoms with Crippen LogP contribution in [0.5, 0.6) is 0 Å². The van der Waals surface area contributed by atoms with Crippen molar-refractivity contribution in [1.29, 1.82) is 0 Å². The van der Waals surface area contributed by atoms with Gasteiger partial charge < -0.3 is 19.7 Å². The van der Waals surface area contributed by atoms with Gasteiger partial charge in [0.1, 0.15) is 4.88 Å². The monoisotopic (exact) mass is 387 g/mol. The zero-order valence-electron chi connectivity index (χ0n) is 15.6. The van der Waals surface area contributed by atoms with Gasteiger partial charge >= 0.3 is 0 Å². The van der Waals surface area contributed by atoms with E-state index in [1.54, 1.807) is 0 Å². The lowest BCUT2D eigenvalue weighted by Gasteiger charge is -2.26. The molecule has 2 aliphatic heterocycles. The van der Waals surface area contributed by atoms with Crippen LogP contribution >= 0.6 is 11.3 Å². The second-order valence-corrected chi connectivity index (χ2v) is 7.96. The molecule has 27 heavy (non-hydrogen) atoms. The summed E-state index contributed by atoms with van der Waals surface area (Å²) in [5, 5.41) is 3.93. The molecule has 0 saturated carbocycles. The lowest BCUT2D eigenvalue weighted by molar-refractivity contribution is 0.0861. The van der Waals surface area contributed by atoms with E-state index in [2.05, 4.69) is 29.3 Å².